The number of carbonyl (C=O) groups is 2. The number of nitrogens with one attached hydrogen (secondary N) is 4. The molecule has 0 spiro atoms. The van der Waals surface area contributed by atoms with Gasteiger partial charge in [-0.15, -0.1) is 0 Å². The summed E-state index contributed by atoms with van der Waals surface area (Å²) in [7, 11) is 1.46. The zero-order valence-corrected chi connectivity index (χ0v) is 16.2. The van der Waals surface area contributed by atoms with Crippen molar-refractivity contribution < 1.29 is 19.1 Å². The van der Waals surface area contributed by atoms with Crippen LogP contribution in [0.1, 0.15) is 34.1 Å². The van der Waals surface area contributed by atoms with Gasteiger partial charge in [0, 0.05) is 11.8 Å². The van der Waals surface area contributed by atoms with Crippen molar-refractivity contribution in [2.45, 2.75) is 13.3 Å². The Morgan fingerprint density at radius 3 is 2.47 bits per heavy atom. The van der Waals surface area contributed by atoms with Crippen molar-refractivity contribution in [3.63, 3.8) is 0 Å². The van der Waals surface area contributed by atoms with Crippen LogP contribution in [0.2, 0.25) is 0 Å². The second-order valence-corrected chi connectivity index (χ2v) is 6.15. The van der Waals surface area contributed by atoms with Crippen molar-refractivity contribution >= 4 is 22.8 Å². The number of hydrazine groups is 1. The maximum Gasteiger partial charge on any atom is 0.327 e. The zero-order chi connectivity index (χ0) is 21.7. The third-order valence-electron chi connectivity index (χ3n) is 4.03. The standard InChI is InChI=1S/C19H19N5O6/c1-3-6-30-13-5-4-10(8-14(13)29-2)16(25)23-24-17(26)11-7-12-15(20-9-11)21-19(28)22-18(12)27/h4-5,7-9H,3,6H2,1-2H3,(H,23,25)(H,24,26)(H2,20,21,22,27,28). The first-order valence-electron chi connectivity index (χ1n) is 8.96. The fraction of sp³-hybridized carbons (Fsp3) is 0.211. The number of hydrogen-bond acceptors (Lipinski definition) is 7. The number of pyridine rings is 1. The molecule has 0 aliphatic carbocycles. The van der Waals surface area contributed by atoms with Crippen LogP contribution in [-0.2, 0) is 0 Å². The van der Waals surface area contributed by atoms with Crippen LogP contribution in [0.5, 0.6) is 11.5 Å². The first-order chi connectivity index (χ1) is 14.4. The molecule has 0 aliphatic heterocycles. The first-order valence-corrected chi connectivity index (χ1v) is 8.96. The Morgan fingerprint density at radius 1 is 1.03 bits per heavy atom. The molecule has 3 aromatic rings. The van der Waals surface area contributed by atoms with Crippen LogP contribution in [0.4, 0.5) is 0 Å². The maximum atomic E-state index is 12.3. The van der Waals surface area contributed by atoms with E-state index in [0.29, 0.717) is 18.1 Å². The summed E-state index contributed by atoms with van der Waals surface area (Å²) in [6.07, 6.45) is 1.99. The van der Waals surface area contributed by atoms with Crippen molar-refractivity contribution in [1.82, 2.24) is 25.8 Å². The van der Waals surface area contributed by atoms with Gasteiger partial charge in [0.15, 0.2) is 11.5 Å². The van der Waals surface area contributed by atoms with Gasteiger partial charge in [0.25, 0.3) is 17.4 Å². The van der Waals surface area contributed by atoms with E-state index in [-0.39, 0.29) is 22.2 Å². The lowest BCUT2D eigenvalue weighted by molar-refractivity contribution is 0.0846. The number of hydrogen-bond donors (Lipinski definition) is 4. The topological polar surface area (TPSA) is 155 Å². The third kappa shape index (κ3) is 4.46. The Kier molecular flexibility index (Phi) is 6.11. The fourth-order valence-corrected chi connectivity index (χ4v) is 2.57. The number of aromatic amines is 2. The highest BCUT2D eigenvalue weighted by atomic mass is 16.5. The summed E-state index contributed by atoms with van der Waals surface area (Å²) in [6.45, 7) is 2.48. The Morgan fingerprint density at radius 2 is 1.77 bits per heavy atom. The summed E-state index contributed by atoms with van der Waals surface area (Å²) in [6, 6.07) is 5.87. The van der Waals surface area contributed by atoms with Gasteiger partial charge >= 0.3 is 5.69 Å². The van der Waals surface area contributed by atoms with E-state index < -0.39 is 23.1 Å². The Balaban J connectivity index is 1.71. The molecule has 0 saturated heterocycles. The number of aromatic nitrogens is 3. The fourth-order valence-electron chi connectivity index (χ4n) is 2.57. The predicted octanol–water partition coefficient (Wildman–Crippen LogP) is 0.484. The molecule has 156 valence electrons. The third-order valence-corrected chi connectivity index (χ3v) is 4.03. The average Bonchev–Trinajstić information content (AvgIpc) is 2.75. The minimum atomic E-state index is -0.703. The molecule has 2 heterocycles. The molecule has 0 bridgehead atoms. The van der Waals surface area contributed by atoms with Crippen molar-refractivity contribution in [3.05, 3.63) is 62.4 Å². The van der Waals surface area contributed by atoms with E-state index in [0.717, 1.165) is 6.42 Å². The number of ether oxygens (including phenoxy) is 2. The minimum Gasteiger partial charge on any atom is -0.493 e. The van der Waals surface area contributed by atoms with Gasteiger partial charge in [-0.05, 0) is 30.7 Å². The highest BCUT2D eigenvalue weighted by molar-refractivity contribution is 6.00. The van der Waals surface area contributed by atoms with Gasteiger partial charge in [-0.2, -0.15) is 0 Å². The molecule has 0 atom stereocenters. The van der Waals surface area contributed by atoms with Crippen LogP contribution >= 0.6 is 0 Å². The second-order valence-electron chi connectivity index (χ2n) is 6.15. The van der Waals surface area contributed by atoms with Crippen LogP contribution in [0.3, 0.4) is 0 Å². The van der Waals surface area contributed by atoms with E-state index in [2.05, 4.69) is 20.8 Å². The largest absolute Gasteiger partial charge is 0.493 e. The van der Waals surface area contributed by atoms with Gasteiger partial charge in [-0.3, -0.25) is 35.2 Å². The zero-order valence-electron chi connectivity index (χ0n) is 16.2. The molecule has 0 fully saturated rings. The molecule has 0 radical (unpaired) electrons. The van der Waals surface area contributed by atoms with Gasteiger partial charge in [0.05, 0.1) is 24.7 Å². The molecule has 0 aliphatic rings. The van der Waals surface area contributed by atoms with Crippen molar-refractivity contribution in [2.75, 3.05) is 13.7 Å². The number of benzene rings is 1. The van der Waals surface area contributed by atoms with E-state index in [4.69, 9.17) is 9.47 Å². The van der Waals surface area contributed by atoms with Gasteiger partial charge in [-0.25, -0.2) is 9.78 Å². The first kappa shape index (κ1) is 20.6. The summed E-state index contributed by atoms with van der Waals surface area (Å²) < 4.78 is 10.8. The molecule has 3 rings (SSSR count). The predicted molar refractivity (Wildman–Crippen MR) is 107 cm³/mol. The molecule has 0 unspecified atom stereocenters. The van der Waals surface area contributed by atoms with Crippen molar-refractivity contribution in [1.29, 1.82) is 0 Å². The number of methoxy groups -OCH3 is 1. The maximum absolute atomic E-state index is 12.3. The molecule has 0 saturated carbocycles. The molecule has 30 heavy (non-hydrogen) atoms. The number of fused-ring (bicyclic) bond motifs is 1. The lowest BCUT2D eigenvalue weighted by atomic mass is 10.2. The van der Waals surface area contributed by atoms with E-state index in [1.54, 1.807) is 6.07 Å². The van der Waals surface area contributed by atoms with Gasteiger partial charge < -0.3 is 9.47 Å². The van der Waals surface area contributed by atoms with Crippen LogP contribution in [0.25, 0.3) is 11.0 Å². The van der Waals surface area contributed by atoms with Crippen LogP contribution in [0, 0.1) is 0 Å². The average molecular weight is 413 g/mol. The summed E-state index contributed by atoms with van der Waals surface area (Å²) >= 11 is 0. The lowest BCUT2D eigenvalue weighted by Gasteiger charge is -2.12. The van der Waals surface area contributed by atoms with Gasteiger partial charge in [-0.1, -0.05) is 6.92 Å². The summed E-state index contributed by atoms with van der Waals surface area (Å²) in [5.74, 6) is -0.391. The number of amides is 2. The highest BCUT2D eigenvalue weighted by Gasteiger charge is 2.14. The molecule has 4 N–H and O–H groups in total. The van der Waals surface area contributed by atoms with Crippen LogP contribution in [0.15, 0.2) is 40.1 Å². The molecule has 2 aromatic heterocycles. The number of rotatable bonds is 6. The Bertz CT molecular complexity index is 1220. The molecule has 11 nitrogen and oxygen atoms in total. The molecular weight excluding hydrogens is 394 g/mol. The lowest BCUT2D eigenvalue weighted by Crippen LogP contribution is -2.41. The van der Waals surface area contributed by atoms with E-state index in [1.807, 2.05) is 11.9 Å². The van der Waals surface area contributed by atoms with E-state index >= 15 is 0 Å². The molecular formula is C19H19N5O6. The quantitative estimate of drug-likeness (QED) is 0.428. The van der Waals surface area contributed by atoms with Crippen LogP contribution in [-0.4, -0.2) is 40.5 Å². The Labute approximate surface area is 169 Å². The van der Waals surface area contributed by atoms with Crippen molar-refractivity contribution in [3.8, 4) is 11.5 Å². The normalized spacial score (nSPS) is 10.5. The van der Waals surface area contributed by atoms with E-state index in [1.165, 1.54) is 31.5 Å². The molecule has 11 heteroatoms. The van der Waals surface area contributed by atoms with E-state index in [9.17, 15) is 19.2 Å². The second kappa shape index (κ2) is 8.90. The highest BCUT2D eigenvalue weighted by Crippen LogP contribution is 2.28. The number of carbonyl (C=O) groups excluding carboxylic acids is 2. The van der Waals surface area contributed by atoms with Crippen LogP contribution < -0.4 is 31.6 Å². The smallest absolute Gasteiger partial charge is 0.327 e. The summed E-state index contributed by atoms with van der Waals surface area (Å²) in [5, 5.41) is 0.0287. The summed E-state index contributed by atoms with van der Waals surface area (Å²) in [5.41, 5.74) is 3.43. The van der Waals surface area contributed by atoms with Gasteiger partial charge in [0.2, 0.25) is 0 Å². The number of nitrogens with zero attached hydrogens (tertiary/aromatic N) is 1. The summed E-state index contributed by atoms with van der Waals surface area (Å²) in [4.78, 5) is 56.0. The van der Waals surface area contributed by atoms with Crippen molar-refractivity contribution in [2.24, 2.45) is 0 Å². The minimum absolute atomic E-state index is 0.0150. The SMILES string of the molecule is CCCOc1ccc(C(=O)NNC(=O)c2cnc3[nH]c(=O)[nH]c(=O)c3c2)cc1OC. The molecule has 2 amide bonds. The monoisotopic (exact) mass is 413 g/mol. The number of H-pyrrole nitrogens is 2. The Hall–Kier alpha value is -4.15. The molecule has 1 aromatic carbocycles. The van der Waals surface area contributed by atoms with Gasteiger partial charge in [0.1, 0.15) is 5.65 Å².